The van der Waals surface area contributed by atoms with E-state index in [1.807, 2.05) is 6.92 Å². The van der Waals surface area contributed by atoms with Gasteiger partial charge in [-0.2, -0.15) is 13.2 Å². The Morgan fingerprint density at radius 3 is 2.48 bits per heavy atom. The second-order valence-corrected chi connectivity index (χ2v) is 7.56. The monoisotopic (exact) mass is 393 g/mol. The fourth-order valence-electron chi connectivity index (χ4n) is 3.37. The van der Waals surface area contributed by atoms with Gasteiger partial charge in [-0.15, -0.1) is 0 Å². The molecule has 2 fully saturated rings. The second-order valence-electron chi connectivity index (χ2n) is 7.56. The molecule has 156 valence electrons. The zero-order chi connectivity index (χ0) is 20.0. The highest BCUT2D eigenvalue weighted by molar-refractivity contribution is 5.98. The van der Waals surface area contributed by atoms with Crippen LogP contribution in [0.1, 0.15) is 46.0 Å². The second kappa shape index (κ2) is 9.70. The summed E-state index contributed by atoms with van der Waals surface area (Å²) in [5.74, 6) is 0.556. The van der Waals surface area contributed by atoms with Gasteiger partial charge in [0.15, 0.2) is 5.96 Å². The van der Waals surface area contributed by atoms with Crippen molar-refractivity contribution in [2.75, 3.05) is 13.7 Å². The smallest absolute Gasteiger partial charge is 0.383 e. The maximum Gasteiger partial charge on any atom is 0.405 e. The SMILES string of the molecule is COC[C@H](C)N/C(=N\C1CC(C(F)(F)F)NN1)NC(=O)C1CCC(C)CC1. The lowest BCUT2D eigenvalue weighted by molar-refractivity contribution is -0.153. The molecular formula is C17H30F3N5O2. The molecule has 4 N–H and O–H groups in total. The Hall–Kier alpha value is -1.39. The van der Waals surface area contributed by atoms with Crippen LogP contribution in [0.3, 0.4) is 0 Å². The van der Waals surface area contributed by atoms with Crippen LogP contribution in [0.15, 0.2) is 4.99 Å². The molecule has 1 saturated heterocycles. The Morgan fingerprint density at radius 2 is 1.93 bits per heavy atom. The molecule has 1 heterocycles. The number of ether oxygens (including phenoxy) is 1. The van der Waals surface area contributed by atoms with Gasteiger partial charge < -0.3 is 10.1 Å². The van der Waals surface area contributed by atoms with E-state index in [1.54, 1.807) is 7.11 Å². The standard InChI is InChI=1S/C17H30F3N5O2/c1-10-4-6-12(7-5-10)15(26)23-16(21-11(2)9-27-3)22-14-8-13(24-25-14)17(18,19)20/h10-14,24-25H,4-9H2,1-3H3,(H2,21,22,23,26)/t10?,11-,12?,13?,14?/m0/s1. The molecule has 3 atom stereocenters. The van der Waals surface area contributed by atoms with Gasteiger partial charge in [-0.3, -0.25) is 10.1 Å². The van der Waals surface area contributed by atoms with Gasteiger partial charge in [-0.25, -0.2) is 15.8 Å². The summed E-state index contributed by atoms with van der Waals surface area (Å²) >= 11 is 0. The molecule has 0 aromatic rings. The minimum absolute atomic E-state index is 0.0940. The summed E-state index contributed by atoms with van der Waals surface area (Å²) in [5, 5.41) is 5.79. The van der Waals surface area contributed by atoms with E-state index < -0.39 is 18.4 Å². The average molecular weight is 393 g/mol. The molecule has 1 aliphatic carbocycles. The topological polar surface area (TPSA) is 86.8 Å². The molecule has 0 radical (unpaired) electrons. The van der Waals surface area contributed by atoms with Crippen LogP contribution < -0.4 is 21.5 Å². The Balaban J connectivity index is 2.01. The molecule has 0 aromatic carbocycles. The number of hydrogen-bond acceptors (Lipinski definition) is 5. The molecule has 10 heteroatoms. The molecule has 7 nitrogen and oxygen atoms in total. The van der Waals surface area contributed by atoms with Gasteiger partial charge in [0.05, 0.1) is 6.61 Å². The molecule has 0 bridgehead atoms. The zero-order valence-electron chi connectivity index (χ0n) is 16.0. The molecule has 0 aromatic heterocycles. The van der Waals surface area contributed by atoms with E-state index in [1.165, 1.54) is 0 Å². The van der Waals surface area contributed by atoms with Gasteiger partial charge in [0.1, 0.15) is 12.2 Å². The van der Waals surface area contributed by atoms with Gasteiger partial charge >= 0.3 is 6.18 Å². The highest BCUT2D eigenvalue weighted by Crippen LogP contribution is 2.28. The Kier molecular flexibility index (Phi) is 7.87. The number of methoxy groups -OCH3 is 1. The van der Waals surface area contributed by atoms with E-state index in [4.69, 9.17) is 4.74 Å². The van der Waals surface area contributed by atoms with Crippen molar-refractivity contribution >= 4 is 11.9 Å². The third kappa shape index (κ3) is 6.93. The van der Waals surface area contributed by atoms with Crippen molar-refractivity contribution in [1.29, 1.82) is 0 Å². The van der Waals surface area contributed by atoms with Crippen LogP contribution in [-0.4, -0.2) is 50.0 Å². The van der Waals surface area contributed by atoms with E-state index in [0.717, 1.165) is 25.7 Å². The van der Waals surface area contributed by atoms with Gasteiger partial charge in [0, 0.05) is 25.5 Å². The number of hydrogen-bond donors (Lipinski definition) is 4. The van der Waals surface area contributed by atoms with E-state index in [0.29, 0.717) is 12.5 Å². The van der Waals surface area contributed by atoms with E-state index in [2.05, 4.69) is 33.4 Å². The normalized spacial score (nSPS) is 30.8. The first kappa shape index (κ1) is 21.9. The van der Waals surface area contributed by atoms with Gasteiger partial charge in [0.25, 0.3) is 0 Å². The maximum atomic E-state index is 12.8. The van der Waals surface area contributed by atoms with Crippen molar-refractivity contribution < 1.29 is 22.7 Å². The summed E-state index contributed by atoms with van der Waals surface area (Å²) < 4.78 is 43.5. The van der Waals surface area contributed by atoms with Crippen molar-refractivity contribution in [1.82, 2.24) is 21.5 Å². The van der Waals surface area contributed by atoms with E-state index in [9.17, 15) is 18.0 Å². The van der Waals surface area contributed by atoms with Gasteiger partial charge in [0.2, 0.25) is 5.91 Å². The molecule has 1 aliphatic heterocycles. The van der Waals surface area contributed by atoms with Gasteiger partial charge in [-0.05, 0) is 38.5 Å². The molecule has 2 aliphatic rings. The fraction of sp³-hybridized carbons (Fsp3) is 0.882. The number of guanidine groups is 1. The minimum Gasteiger partial charge on any atom is -0.383 e. The average Bonchev–Trinajstić information content (AvgIpc) is 3.04. The van der Waals surface area contributed by atoms with Crippen LogP contribution in [0.5, 0.6) is 0 Å². The first-order chi connectivity index (χ1) is 12.7. The number of hydrazine groups is 1. The number of amides is 1. The number of alkyl halides is 3. The molecule has 2 unspecified atom stereocenters. The predicted molar refractivity (Wildman–Crippen MR) is 95.7 cm³/mol. The van der Waals surface area contributed by atoms with E-state index in [-0.39, 0.29) is 30.2 Å². The third-order valence-corrected chi connectivity index (χ3v) is 4.99. The number of nitrogens with one attached hydrogen (secondary N) is 4. The Bertz CT molecular complexity index is 521. The van der Waals surface area contributed by atoms with Crippen LogP contribution in [0.2, 0.25) is 0 Å². The molecule has 2 rings (SSSR count). The highest BCUT2D eigenvalue weighted by Gasteiger charge is 2.44. The first-order valence-electron chi connectivity index (χ1n) is 9.41. The van der Waals surface area contributed by atoms with E-state index >= 15 is 0 Å². The lowest BCUT2D eigenvalue weighted by atomic mass is 9.82. The molecule has 27 heavy (non-hydrogen) atoms. The third-order valence-electron chi connectivity index (χ3n) is 4.99. The van der Waals surface area contributed by atoms with Crippen LogP contribution in [-0.2, 0) is 9.53 Å². The molecule has 1 saturated carbocycles. The number of halogens is 3. The number of rotatable bonds is 5. The van der Waals surface area contributed by atoms with Crippen LogP contribution >= 0.6 is 0 Å². The fourth-order valence-corrected chi connectivity index (χ4v) is 3.37. The molecule has 1 amide bonds. The lowest BCUT2D eigenvalue weighted by Gasteiger charge is -2.26. The summed E-state index contributed by atoms with van der Waals surface area (Å²) in [4.78, 5) is 16.8. The number of nitrogens with zero attached hydrogens (tertiary/aromatic N) is 1. The van der Waals surface area contributed by atoms with Crippen LogP contribution in [0.25, 0.3) is 0 Å². The van der Waals surface area contributed by atoms with Crippen molar-refractivity contribution in [3.05, 3.63) is 0 Å². The zero-order valence-corrected chi connectivity index (χ0v) is 16.0. The predicted octanol–water partition coefficient (Wildman–Crippen LogP) is 1.66. The number of carbonyl (C=O) groups is 1. The van der Waals surface area contributed by atoms with Crippen molar-refractivity contribution in [2.24, 2.45) is 16.8 Å². The Labute approximate surface area is 157 Å². The number of carbonyl (C=O) groups excluding carboxylic acids is 1. The summed E-state index contributed by atoms with van der Waals surface area (Å²) in [6, 6.07) is -1.83. The summed E-state index contributed by atoms with van der Waals surface area (Å²) in [6.07, 6.45) is -1.76. The van der Waals surface area contributed by atoms with Gasteiger partial charge in [-0.1, -0.05) is 6.92 Å². The van der Waals surface area contributed by atoms with Crippen molar-refractivity contribution in [3.8, 4) is 0 Å². The summed E-state index contributed by atoms with van der Waals surface area (Å²) in [7, 11) is 1.55. The maximum absolute atomic E-state index is 12.8. The van der Waals surface area contributed by atoms with Crippen LogP contribution in [0, 0.1) is 11.8 Å². The number of aliphatic imine (C=N–C) groups is 1. The Morgan fingerprint density at radius 1 is 1.26 bits per heavy atom. The quantitative estimate of drug-likeness (QED) is 0.422. The first-order valence-corrected chi connectivity index (χ1v) is 9.41. The molecular weight excluding hydrogens is 363 g/mol. The highest BCUT2D eigenvalue weighted by atomic mass is 19.4. The van der Waals surface area contributed by atoms with Crippen molar-refractivity contribution in [3.63, 3.8) is 0 Å². The summed E-state index contributed by atoms with van der Waals surface area (Å²) in [6.45, 7) is 4.38. The molecule has 0 spiro atoms. The minimum atomic E-state index is -4.35. The van der Waals surface area contributed by atoms with Crippen molar-refractivity contribution in [2.45, 2.75) is 70.4 Å². The van der Waals surface area contributed by atoms with Crippen LogP contribution in [0.4, 0.5) is 13.2 Å². The summed E-state index contributed by atoms with van der Waals surface area (Å²) in [5.41, 5.74) is 4.73. The lowest BCUT2D eigenvalue weighted by Crippen LogP contribution is -2.49. The largest absolute Gasteiger partial charge is 0.405 e.